The second kappa shape index (κ2) is 7.45. The molecule has 5 heteroatoms. The third-order valence-corrected chi connectivity index (χ3v) is 4.91. The van der Waals surface area contributed by atoms with E-state index in [0.29, 0.717) is 18.0 Å². The molecule has 122 valence electrons. The van der Waals surface area contributed by atoms with E-state index in [1.165, 1.54) is 32.6 Å². The van der Waals surface area contributed by atoms with Crippen LogP contribution in [0, 0.1) is 11.8 Å². The summed E-state index contributed by atoms with van der Waals surface area (Å²) in [6.45, 7) is 12.6. The molecule has 1 aliphatic heterocycles. The van der Waals surface area contributed by atoms with E-state index in [1.54, 1.807) is 0 Å². The van der Waals surface area contributed by atoms with Crippen molar-refractivity contribution in [2.24, 2.45) is 16.8 Å². The van der Waals surface area contributed by atoms with Crippen molar-refractivity contribution in [2.45, 2.75) is 39.3 Å². The molecule has 0 amide bonds. The minimum Gasteiger partial charge on any atom is -0.355 e. The fourth-order valence-corrected chi connectivity index (χ4v) is 3.03. The molecule has 2 aliphatic rings. The summed E-state index contributed by atoms with van der Waals surface area (Å²) in [5.41, 5.74) is 0. The van der Waals surface area contributed by atoms with E-state index in [4.69, 9.17) is 0 Å². The predicted octanol–water partition coefficient (Wildman–Crippen LogP) is 0.832. The van der Waals surface area contributed by atoms with E-state index >= 15 is 0 Å². The van der Waals surface area contributed by atoms with Crippen LogP contribution in [0.15, 0.2) is 4.99 Å². The Bertz CT molecular complexity index is 347. The Kier molecular flexibility index (Phi) is 5.88. The third kappa shape index (κ3) is 4.85. The molecule has 0 radical (unpaired) electrons. The molecule has 0 aromatic heterocycles. The van der Waals surface area contributed by atoms with Crippen LogP contribution < -0.4 is 10.6 Å². The largest absolute Gasteiger partial charge is 0.355 e. The Balaban J connectivity index is 1.81. The number of piperazine rings is 1. The minimum atomic E-state index is 0.578. The van der Waals surface area contributed by atoms with Gasteiger partial charge >= 0.3 is 0 Å². The van der Waals surface area contributed by atoms with Crippen molar-refractivity contribution in [3.63, 3.8) is 0 Å². The maximum atomic E-state index is 4.36. The first-order chi connectivity index (χ1) is 10.0. The van der Waals surface area contributed by atoms with Gasteiger partial charge in [0.2, 0.25) is 0 Å². The van der Waals surface area contributed by atoms with Gasteiger partial charge in [-0.15, -0.1) is 0 Å². The summed E-state index contributed by atoms with van der Waals surface area (Å²) in [6.07, 6.45) is 1.27. The first-order valence-electron chi connectivity index (χ1n) is 8.41. The summed E-state index contributed by atoms with van der Waals surface area (Å²) in [5.74, 6) is 2.41. The summed E-state index contributed by atoms with van der Waals surface area (Å²) < 4.78 is 0. The molecule has 0 aromatic carbocycles. The van der Waals surface area contributed by atoms with E-state index in [-0.39, 0.29) is 0 Å². The van der Waals surface area contributed by atoms with Gasteiger partial charge in [0.05, 0.1) is 0 Å². The molecule has 2 rings (SSSR count). The molecular weight excluding hydrogens is 262 g/mol. The normalized spacial score (nSPS) is 29.5. The van der Waals surface area contributed by atoms with Crippen molar-refractivity contribution >= 4 is 5.96 Å². The SMILES string of the molecule is CN=C(NCC(C(C)C)N1CCN(C)CC1)NC1CC1C. The van der Waals surface area contributed by atoms with Crippen LogP contribution in [0.3, 0.4) is 0 Å². The molecular formula is C16H33N5. The van der Waals surface area contributed by atoms with Crippen molar-refractivity contribution < 1.29 is 0 Å². The fourth-order valence-electron chi connectivity index (χ4n) is 3.03. The summed E-state index contributed by atoms with van der Waals surface area (Å²) in [5, 5.41) is 7.04. The van der Waals surface area contributed by atoms with Crippen molar-refractivity contribution in [2.75, 3.05) is 46.8 Å². The number of nitrogens with one attached hydrogen (secondary N) is 2. The molecule has 2 N–H and O–H groups in total. The Morgan fingerprint density at radius 3 is 2.33 bits per heavy atom. The predicted molar refractivity (Wildman–Crippen MR) is 89.8 cm³/mol. The van der Waals surface area contributed by atoms with Gasteiger partial charge in [-0.1, -0.05) is 20.8 Å². The number of hydrogen-bond acceptors (Lipinski definition) is 3. The highest BCUT2D eigenvalue weighted by atomic mass is 15.3. The van der Waals surface area contributed by atoms with Crippen LogP contribution in [0.1, 0.15) is 27.2 Å². The molecule has 1 saturated heterocycles. The summed E-state index contributed by atoms with van der Waals surface area (Å²) in [4.78, 5) is 9.40. The standard InChI is InChI=1S/C16H33N5/c1-12(2)15(21-8-6-20(5)7-9-21)11-18-16(17-4)19-14-10-13(14)3/h12-15H,6-11H2,1-5H3,(H2,17,18,19). The van der Waals surface area contributed by atoms with Gasteiger partial charge in [0, 0.05) is 51.9 Å². The molecule has 1 aliphatic carbocycles. The number of hydrogen-bond donors (Lipinski definition) is 2. The number of likely N-dealkylation sites (N-methyl/N-ethyl adjacent to an activating group) is 1. The van der Waals surface area contributed by atoms with Crippen molar-refractivity contribution in [1.82, 2.24) is 20.4 Å². The lowest BCUT2D eigenvalue weighted by atomic mass is 10.0. The van der Waals surface area contributed by atoms with E-state index in [0.717, 1.165) is 18.4 Å². The highest BCUT2D eigenvalue weighted by molar-refractivity contribution is 5.80. The lowest BCUT2D eigenvalue weighted by molar-refractivity contribution is 0.0900. The minimum absolute atomic E-state index is 0.578. The fraction of sp³-hybridized carbons (Fsp3) is 0.938. The number of aliphatic imine (C=N–C) groups is 1. The van der Waals surface area contributed by atoms with E-state index < -0.39 is 0 Å². The molecule has 3 atom stereocenters. The van der Waals surface area contributed by atoms with Gasteiger partial charge in [-0.2, -0.15) is 0 Å². The highest BCUT2D eigenvalue weighted by Gasteiger charge is 2.33. The van der Waals surface area contributed by atoms with Gasteiger partial charge in [-0.05, 0) is 25.3 Å². The van der Waals surface area contributed by atoms with E-state index in [9.17, 15) is 0 Å². The Morgan fingerprint density at radius 1 is 1.24 bits per heavy atom. The monoisotopic (exact) mass is 295 g/mol. The maximum absolute atomic E-state index is 4.36. The molecule has 3 unspecified atom stereocenters. The zero-order valence-corrected chi connectivity index (χ0v) is 14.4. The topological polar surface area (TPSA) is 42.9 Å². The lowest BCUT2D eigenvalue weighted by Crippen LogP contribution is -2.55. The number of rotatable bonds is 5. The van der Waals surface area contributed by atoms with Crippen LogP contribution in [0.5, 0.6) is 0 Å². The second-order valence-corrected chi connectivity index (χ2v) is 7.07. The van der Waals surface area contributed by atoms with Gasteiger partial charge in [0.15, 0.2) is 5.96 Å². The van der Waals surface area contributed by atoms with Gasteiger partial charge in [-0.3, -0.25) is 9.89 Å². The van der Waals surface area contributed by atoms with Crippen LogP contribution in [-0.4, -0.2) is 74.7 Å². The lowest BCUT2D eigenvalue weighted by Gasteiger charge is -2.40. The molecule has 1 heterocycles. The van der Waals surface area contributed by atoms with Crippen LogP contribution in [0.25, 0.3) is 0 Å². The molecule has 2 fully saturated rings. The van der Waals surface area contributed by atoms with Crippen molar-refractivity contribution in [3.05, 3.63) is 0 Å². The molecule has 0 bridgehead atoms. The van der Waals surface area contributed by atoms with Crippen molar-refractivity contribution in [3.8, 4) is 0 Å². The molecule has 21 heavy (non-hydrogen) atoms. The first-order valence-corrected chi connectivity index (χ1v) is 8.41. The zero-order chi connectivity index (χ0) is 15.4. The third-order valence-electron chi connectivity index (χ3n) is 4.91. The molecule has 0 aromatic rings. The molecule has 5 nitrogen and oxygen atoms in total. The van der Waals surface area contributed by atoms with E-state index in [1.807, 2.05) is 7.05 Å². The van der Waals surface area contributed by atoms with Gasteiger partial charge in [-0.25, -0.2) is 0 Å². The summed E-state index contributed by atoms with van der Waals surface area (Å²) in [7, 11) is 4.07. The Morgan fingerprint density at radius 2 is 1.86 bits per heavy atom. The summed E-state index contributed by atoms with van der Waals surface area (Å²) >= 11 is 0. The van der Waals surface area contributed by atoms with Crippen LogP contribution in [0.2, 0.25) is 0 Å². The number of guanidine groups is 1. The van der Waals surface area contributed by atoms with Gasteiger partial charge in [0.25, 0.3) is 0 Å². The average molecular weight is 295 g/mol. The van der Waals surface area contributed by atoms with Crippen LogP contribution >= 0.6 is 0 Å². The van der Waals surface area contributed by atoms with Crippen LogP contribution in [0.4, 0.5) is 0 Å². The van der Waals surface area contributed by atoms with Crippen LogP contribution in [-0.2, 0) is 0 Å². The zero-order valence-electron chi connectivity index (χ0n) is 14.4. The Labute approximate surface area is 130 Å². The maximum Gasteiger partial charge on any atom is 0.191 e. The average Bonchev–Trinajstić information content (AvgIpc) is 3.14. The highest BCUT2D eigenvalue weighted by Crippen LogP contribution is 2.28. The van der Waals surface area contributed by atoms with Crippen molar-refractivity contribution in [1.29, 1.82) is 0 Å². The first kappa shape index (κ1) is 16.6. The summed E-state index contributed by atoms with van der Waals surface area (Å²) in [6, 6.07) is 1.20. The number of nitrogens with zero attached hydrogens (tertiary/aromatic N) is 3. The quantitative estimate of drug-likeness (QED) is 0.582. The molecule has 0 spiro atoms. The Hall–Kier alpha value is -0.810. The van der Waals surface area contributed by atoms with E-state index in [2.05, 4.69) is 53.2 Å². The molecule has 1 saturated carbocycles. The smallest absolute Gasteiger partial charge is 0.191 e. The van der Waals surface area contributed by atoms with Gasteiger partial charge in [0.1, 0.15) is 0 Å². The van der Waals surface area contributed by atoms with Gasteiger partial charge < -0.3 is 15.5 Å². The second-order valence-electron chi connectivity index (χ2n) is 7.07.